The van der Waals surface area contributed by atoms with Crippen molar-refractivity contribution in [2.24, 2.45) is 5.41 Å². The highest BCUT2D eigenvalue weighted by atomic mass is 14.1. The van der Waals surface area contributed by atoms with Crippen molar-refractivity contribution in [2.45, 2.75) is 26.7 Å². The molecule has 0 radical (unpaired) electrons. The molecule has 0 aromatic carbocycles. The van der Waals surface area contributed by atoms with Crippen molar-refractivity contribution in [1.29, 1.82) is 0 Å². The fourth-order valence-electron chi connectivity index (χ4n) is 1.36. The molecule has 0 aromatic heterocycles. The Morgan fingerprint density at radius 1 is 1.47 bits per heavy atom. The molecule has 0 spiro atoms. The lowest BCUT2D eigenvalue weighted by Crippen LogP contribution is -2.01. The summed E-state index contributed by atoms with van der Waals surface area (Å²) in [7, 11) is 0. The maximum absolute atomic E-state index is 4.09. The van der Waals surface area contributed by atoms with Crippen LogP contribution in [0.4, 0.5) is 0 Å². The molecule has 0 nitrogen and oxygen atoms in total. The van der Waals surface area contributed by atoms with Crippen LogP contribution in [0.2, 0.25) is 0 Å². The van der Waals surface area contributed by atoms with Crippen molar-refractivity contribution in [1.82, 2.24) is 0 Å². The van der Waals surface area contributed by atoms with Crippen molar-refractivity contribution in [3.8, 4) is 0 Å². The molecule has 0 unspecified atom stereocenters. The summed E-state index contributed by atoms with van der Waals surface area (Å²) in [5, 5.41) is 0. The van der Waals surface area contributed by atoms with Crippen molar-refractivity contribution < 1.29 is 0 Å². The Morgan fingerprint density at radius 3 is 2.73 bits per heavy atom. The van der Waals surface area contributed by atoms with Gasteiger partial charge in [0.05, 0.1) is 0 Å². The Kier molecular flexibility index (Phi) is 3.90. The molecular weight excluding hydrogens is 180 g/mol. The Morgan fingerprint density at radius 2 is 2.20 bits per heavy atom. The Hall–Kier alpha value is -1.30. The molecule has 0 amide bonds. The first-order chi connectivity index (χ1) is 7.05. The Balaban J connectivity index is 2.67. The van der Waals surface area contributed by atoms with E-state index >= 15 is 0 Å². The second-order valence-corrected chi connectivity index (χ2v) is 4.54. The van der Waals surface area contributed by atoms with Crippen molar-refractivity contribution in [2.75, 3.05) is 0 Å². The Bertz CT molecular complexity index is 335. The van der Waals surface area contributed by atoms with Crippen LogP contribution in [0.3, 0.4) is 0 Å². The molecule has 1 aliphatic carbocycles. The van der Waals surface area contributed by atoms with Crippen LogP contribution >= 0.6 is 0 Å². The molecule has 0 atom stereocenters. The average Bonchev–Trinajstić information content (AvgIpc) is 2.27. The monoisotopic (exact) mass is 200 g/mol. The van der Waals surface area contributed by atoms with Gasteiger partial charge in [-0.1, -0.05) is 56.9 Å². The molecule has 1 aliphatic rings. The van der Waals surface area contributed by atoms with E-state index in [4.69, 9.17) is 0 Å². The van der Waals surface area contributed by atoms with Gasteiger partial charge in [-0.25, -0.2) is 0 Å². The maximum atomic E-state index is 4.09. The number of hydrogen-bond donors (Lipinski definition) is 0. The lowest BCUT2D eigenvalue weighted by Gasteiger charge is -2.15. The third-order valence-electron chi connectivity index (χ3n) is 2.67. The normalized spacial score (nSPS) is 16.5. The highest BCUT2D eigenvalue weighted by Crippen LogP contribution is 2.23. The molecule has 0 fully saturated rings. The number of hydrogen-bond acceptors (Lipinski definition) is 0. The zero-order chi connectivity index (χ0) is 11.3. The number of allylic oxidation sites excluding steroid dienone is 8. The van der Waals surface area contributed by atoms with Crippen molar-refractivity contribution in [3.05, 3.63) is 60.8 Å². The summed E-state index contributed by atoms with van der Waals surface area (Å²) in [6, 6.07) is 0. The van der Waals surface area contributed by atoms with Gasteiger partial charge in [0.25, 0.3) is 0 Å². The summed E-state index contributed by atoms with van der Waals surface area (Å²) in [6.07, 6.45) is 14.9. The van der Waals surface area contributed by atoms with Gasteiger partial charge in [0.1, 0.15) is 0 Å². The third kappa shape index (κ3) is 3.75. The molecule has 0 aromatic rings. The molecule has 0 aliphatic heterocycles. The fourth-order valence-corrected chi connectivity index (χ4v) is 1.36. The molecular formula is C15H20. The van der Waals surface area contributed by atoms with Crippen LogP contribution in [0.15, 0.2) is 60.8 Å². The molecule has 1 rings (SSSR count). The van der Waals surface area contributed by atoms with Crippen molar-refractivity contribution in [3.63, 3.8) is 0 Å². The first kappa shape index (κ1) is 11.8. The van der Waals surface area contributed by atoms with Gasteiger partial charge < -0.3 is 0 Å². The van der Waals surface area contributed by atoms with Crippen LogP contribution < -0.4 is 0 Å². The van der Waals surface area contributed by atoms with Crippen molar-refractivity contribution >= 4 is 0 Å². The summed E-state index contributed by atoms with van der Waals surface area (Å²) < 4.78 is 0. The summed E-state index contributed by atoms with van der Waals surface area (Å²) in [4.78, 5) is 0. The molecule has 0 heterocycles. The van der Waals surface area contributed by atoms with Crippen LogP contribution in [-0.4, -0.2) is 0 Å². The maximum Gasteiger partial charge on any atom is 0.000506 e. The minimum absolute atomic E-state index is 0.0496. The van der Waals surface area contributed by atoms with Crippen LogP contribution in [0.1, 0.15) is 26.7 Å². The van der Waals surface area contributed by atoms with Gasteiger partial charge in [0.2, 0.25) is 0 Å². The first-order valence-electron chi connectivity index (χ1n) is 5.43. The molecule has 0 heteroatoms. The lowest BCUT2D eigenvalue weighted by atomic mass is 9.91. The highest BCUT2D eigenvalue weighted by Gasteiger charge is 2.08. The van der Waals surface area contributed by atoms with Gasteiger partial charge in [-0.05, 0) is 24.0 Å². The molecule has 0 bridgehead atoms. The van der Waals surface area contributed by atoms with E-state index in [1.54, 1.807) is 0 Å². The minimum atomic E-state index is 0.0496. The predicted octanol–water partition coefficient (Wildman–Crippen LogP) is 4.59. The molecule has 0 saturated carbocycles. The predicted molar refractivity (Wildman–Crippen MR) is 68.7 cm³/mol. The van der Waals surface area contributed by atoms with Gasteiger partial charge in [-0.3, -0.25) is 0 Å². The van der Waals surface area contributed by atoms with Crippen LogP contribution in [0.25, 0.3) is 0 Å². The van der Waals surface area contributed by atoms with E-state index in [9.17, 15) is 0 Å². The zero-order valence-corrected chi connectivity index (χ0v) is 9.79. The smallest absolute Gasteiger partial charge is 0.000506 e. The van der Waals surface area contributed by atoms with E-state index in [1.807, 2.05) is 6.08 Å². The molecule has 80 valence electrons. The summed E-state index contributed by atoms with van der Waals surface area (Å²) >= 11 is 0. The minimum Gasteiger partial charge on any atom is -0.102 e. The highest BCUT2D eigenvalue weighted by molar-refractivity contribution is 5.41. The van der Waals surface area contributed by atoms with Crippen LogP contribution in [-0.2, 0) is 0 Å². The molecule has 0 saturated heterocycles. The zero-order valence-electron chi connectivity index (χ0n) is 9.79. The second kappa shape index (κ2) is 4.97. The third-order valence-corrected chi connectivity index (χ3v) is 2.67. The quantitative estimate of drug-likeness (QED) is 0.460. The van der Waals surface area contributed by atoms with E-state index in [1.165, 1.54) is 5.57 Å². The number of rotatable bonds is 4. The summed E-state index contributed by atoms with van der Waals surface area (Å²) in [5.41, 5.74) is 2.51. The van der Waals surface area contributed by atoms with E-state index in [0.717, 1.165) is 18.4 Å². The second-order valence-electron chi connectivity index (χ2n) is 4.54. The standard InChI is InChI=1S/C15H20/c1-5-15(3,4)12-11-13(2)14-9-7-6-8-10-14/h5-7,9,11-12H,1-2,8,10H2,3-4H3/b12-11-. The fraction of sp³-hybridized carbons (Fsp3) is 0.333. The molecule has 0 N–H and O–H groups in total. The Labute approximate surface area is 93.4 Å². The van der Waals surface area contributed by atoms with Crippen LogP contribution in [0, 0.1) is 5.41 Å². The topological polar surface area (TPSA) is 0 Å². The van der Waals surface area contributed by atoms with Gasteiger partial charge in [0, 0.05) is 5.41 Å². The van der Waals surface area contributed by atoms with E-state index in [-0.39, 0.29) is 5.41 Å². The molecule has 15 heavy (non-hydrogen) atoms. The first-order valence-corrected chi connectivity index (χ1v) is 5.43. The lowest BCUT2D eigenvalue weighted by molar-refractivity contribution is 0.627. The van der Waals surface area contributed by atoms with E-state index < -0.39 is 0 Å². The van der Waals surface area contributed by atoms with Gasteiger partial charge >= 0.3 is 0 Å². The van der Waals surface area contributed by atoms with E-state index in [0.29, 0.717) is 0 Å². The van der Waals surface area contributed by atoms with Gasteiger partial charge in [-0.2, -0.15) is 0 Å². The SMILES string of the molecule is C=CC(C)(C)/C=C\C(=C)C1=CC=CCC1. The van der Waals surface area contributed by atoms with E-state index in [2.05, 4.69) is 57.4 Å². The average molecular weight is 200 g/mol. The van der Waals surface area contributed by atoms with Gasteiger partial charge in [0.15, 0.2) is 0 Å². The van der Waals surface area contributed by atoms with Crippen LogP contribution in [0.5, 0.6) is 0 Å². The summed E-state index contributed by atoms with van der Waals surface area (Å²) in [5.74, 6) is 0. The van der Waals surface area contributed by atoms with Gasteiger partial charge in [-0.15, -0.1) is 6.58 Å². The summed E-state index contributed by atoms with van der Waals surface area (Å²) in [6.45, 7) is 12.2. The largest absolute Gasteiger partial charge is 0.102 e.